The second-order valence-electron chi connectivity index (χ2n) is 4.19. The van der Waals surface area contributed by atoms with Crippen LogP contribution in [-0.2, 0) is 0 Å². The Hall–Kier alpha value is -0.550. The summed E-state index contributed by atoms with van der Waals surface area (Å²) >= 11 is 12.8. The molecule has 1 N–H and O–H groups in total. The van der Waals surface area contributed by atoms with Crippen LogP contribution in [0, 0.1) is 0 Å². The molecule has 2 aromatic carbocycles. The summed E-state index contributed by atoms with van der Waals surface area (Å²) in [5, 5.41) is 11.1. The lowest BCUT2D eigenvalue weighted by atomic mass is 10.0. The fraction of sp³-hybridized carbons (Fsp3) is 0.200. The zero-order valence-electron chi connectivity index (χ0n) is 10.7. The van der Waals surface area contributed by atoms with Gasteiger partial charge < -0.3 is 9.84 Å². The standard InChI is InChI=1S/C15H13Br2ClO2/c1-2-20-14-6-3-9(7-13(14)17)15(19)11-5-4-10(18)8-12(11)16/h3-8,15,19H,2H2,1H3. The highest BCUT2D eigenvalue weighted by Crippen LogP contribution is 2.34. The van der Waals surface area contributed by atoms with E-state index in [1.54, 1.807) is 18.2 Å². The molecular weight excluding hydrogens is 407 g/mol. The van der Waals surface area contributed by atoms with Gasteiger partial charge in [0.2, 0.25) is 0 Å². The molecule has 0 amide bonds. The van der Waals surface area contributed by atoms with E-state index in [0.717, 1.165) is 25.8 Å². The average Bonchev–Trinajstić information content (AvgIpc) is 2.40. The van der Waals surface area contributed by atoms with E-state index >= 15 is 0 Å². The molecule has 2 nitrogen and oxygen atoms in total. The van der Waals surface area contributed by atoms with Gasteiger partial charge in [-0.3, -0.25) is 0 Å². The van der Waals surface area contributed by atoms with Crippen LogP contribution in [0.25, 0.3) is 0 Å². The summed E-state index contributed by atoms with van der Waals surface area (Å²) in [6.45, 7) is 2.53. The molecule has 1 atom stereocenters. The Kier molecular flexibility index (Phi) is 5.49. The van der Waals surface area contributed by atoms with Crippen molar-refractivity contribution in [3.8, 4) is 5.75 Å². The van der Waals surface area contributed by atoms with Crippen molar-refractivity contribution >= 4 is 43.5 Å². The third-order valence-electron chi connectivity index (χ3n) is 2.83. The Balaban J connectivity index is 2.33. The molecule has 20 heavy (non-hydrogen) atoms. The van der Waals surface area contributed by atoms with Gasteiger partial charge in [-0.1, -0.05) is 39.7 Å². The minimum atomic E-state index is -0.728. The highest BCUT2D eigenvalue weighted by molar-refractivity contribution is 9.10. The molecule has 2 rings (SSSR count). The monoisotopic (exact) mass is 418 g/mol. The predicted molar refractivity (Wildman–Crippen MR) is 88.5 cm³/mol. The van der Waals surface area contributed by atoms with Crippen LogP contribution in [0.15, 0.2) is 45.3 Å². The van der Waals surface area contributed by atoms with Gasteiger partial charge in [0.25, 0.3) is 0 Å². The fourth-order valence-corrected chi connectivity index (χ4v) is 3.27. The number of benzene rings is 2. The van der Waals surface area contributed by atoms with Crippen LogP contribution in [0.1, 0.15) is 24.2 Å². The van der Waals surface area contributed by atoms with Crippen molar-refractivity contribution in [3.05, 3.63) is 61.5 Å². The molecule has 1 unspecified atom stereocenters. The molecule has 0 aliphatic carbocycles. The van der Waals surface area contributed by atoms with E-state index in [2.05, 4.69) is 31.9 Å². The van der Waals surface area contributed by atoms with Crippen molar-refractivity contribution in [2.75, 3.05) is 6.61 Å². The molecule has 0 radical (unpaired) electrons. The van der Waals surface area contributed by atoms with Crippen LogP contribution in [0.3, 0.4) is 0 Å². The van der Waals surface area contributed by atoms with Crippen molar-refractivity contribution in [3.63, 3.8) is 0 Å². The number of hydrogen-bond acceptors (Lipinski definition) is 2. The van der Waals surface area contributed by atoms with Crippen molar-refractivity contribution in [1.82, 2.24) is 0 Å². The van der Waals surface area contributed by atoms with Gasteiger partial charge in [-0.15, -0.1) is 0 Å². The zero-order chi connectivity index (χ0) is 14.7. The maximum atomic E-state index is 10.5. The van der Waals surface area contributed by atoms with E-state index in [1.165, 1.54) is 0 Å². The number of aliphatic hydroxyl groups excluding tert-OH is 1. The molecule has 0 bridgehead atoms. The maximum absolute atomic E-state index is 10.5. The van der Waals surface area contributed by atoms with Crippen molar-refractivity contribution in [2.45, 2.75) is 13.0 Å². The topological polar surface area (TPSA) is 29.5 Å². The highest BCUT2D eigenvalue weighted by atomic mass is 79.9. The fourth-order valence-electron chi connectivity index (χ4n) is 1.86. The van der Waals surface area contributed by atoms with Crippen molar-refractivity contribution in [1.29, 1.82) is 0 Å². The van der Waals surface area contributed by atoms with Gasteiger partial charge in [0.05, 0.1) is 11.1 Å². The molecule has 0 saturated heterocycles. The quantitative estimate of drug-likeness (QED) is 0.723. The Morgan fingerprint density at radius 3 is 2.50 bits per heavy atom. The van der Waals surface area contributed by atoms with Crippen LogP contribution in [0.4, 0.5) is 0 Å². The second-order valence-corrected chi connectivity index (χ2v) is 6.34. The lowest BCUT2D eigenvalue weighted by Gasteiger charge is -2.15. The van der Waals surface area contributed by atoms with E-state index < -0.39 is 6.10 Å². The molecule has 0 aliphatic rings. The Bertz CT molecular complexity index is 617. The van der Waals surface area contributed by atoms with E-state index in [0.29, 0.717) is 11.6 Å². The number of hydrogen-bond donors (Lipinski definition) is 1. The van der Waals surface area contributed by atoms with Gasteiger partial charge in [-0.05, 0) is 58.2 Å². The smallest absolute Gasteiger partial charge is 0.133 e. The lowest BCUT2D eigenvalue weighted by Crippen LogP contribution is -2.01. The Labute approximate surface area is 140 Å². The molecule has 0 aliphatic heterocycles. The summed E-state index contributed by atoms with van der Waals surface area (Å²) in [4.78, 5) is 0. The first kappa shape index (κ1) is 15.8. The van der Waals surface area contributed by atoms with Crippen LogP contribution >= 0.6 is 43.5 Å². The number of ether oxygens (including phenoxy) is 1. The van der Waals surface area contributed by atoms with Gasteiger partial charge in [-0.25, -0.2) is 0 Å². The first-order valence-corrected chi connectivity index (χ1v) is 8.04. The third kappa shape index (κ3) is 3.55. The molecule has 0 fully saturated rings. The summed E-state index contributed by atoms with van der Waals surface area (Å²) in [5.41, 5.74) is 1.55. The molecule has 5 heteroatoms. The summed E-state index contributed by atoms with van der Waals surface area (Å²) in [5.74, 6) is 0.763. The normalized spacial score (nSPS) is 12.2. The van der Waals surface area contributed by atoms with Crippen molar-refractivity contribution in [2.24, 2.45) is 0 Å². The summed E-state index contributed by atoms with van der Waals surface area (Å²) < 4.78 is 7.06. The lowest BCUT2D eigenvalue weighted by molar-refractivity contribution is 0.219. The third-order valence-corrected chi connectivity index (χ3v) is 4.37. The van der Waals surface area contributed by atoms with Gasteiger partial charge in [0.1, 0.15) is 11.9 Å². The molecule has 0 heterocycles. The summed E-state index contributed by atoms with van der Waals surface area (Å²) in [6, 6.07) is 10.9. The number of halogens is 3. The average molecular weight is 421 g/mol. The Morgan fingerprint density at radius 2 is 1.90 bits per heavy atom. The van der Waals surface area contributed by atoms with E-state index in [1.807, 2.05) is 25.1 Å². The van der Waals surface area contributed by atoms with Crippen LogP contribution in [0.2, 0.25) is 5.02 Å². The number of rotatable bonds is 4. The van der Waals surface area contributed by atoms with Gasteiger partial charge >= 0.3 is 0 Å². The first-order chi connectivity index (χ1) is 9.52. The van der Waals surface area contributed by atoms with E-state index in [4.69, 9.17) is 16.3 Å². The van der Waals surface area contributed by atoms with E-state index in [9.17, 15) is 5.11 Å². The van der Waals surface area contributed by atoms with Gasteiger partial charge in [0, 0.05) is 9.50 Å². The van der Waals surface area contributed by atoms with E-state index in [-0.39, 0.29) is 0 Å². The molecule has 106 valence electrons. The van der Waals surface area contributed by atoms with Crippen LogP contribution < -0.4 is 4.74 Å². The molecule has 0 saturated carbocycles. The zero-order valence-corrected chi connectivity index (χ0v) is 14.7. The number of aliphatic hydroxyl groups is 1. The highest BCUT2D eigenvalue weighted by Gasteiger charge is 2.15. The molecular formula is C15H13Br2ClO2. The van der Waals surface area contributed by atoms with Gasteiger partial charge in [0.15, 0.2) is 0 Å². The van der Waals surface area contributed by atoms with Crippen molar-refractivity contribution < 1.29 is 9.84 Å². The molecule has 0 spiro atoms. The minimum absolute atomic E-state index is 0.600. The van der Waals surface area contributed by atoms with Gasteiger partial charge in [-0.2, -0.15) is 0 Å². The largest absolute Gasteiger partial charge is 0.493 e. The second kappa shape index (κ2) is 6.94. The summed E-state index contributed by atoms with van der Waals surface area (Å²) in [6.07, 6.45) is -0.728. The maximum Gasteiger partial charge on any atom is 0.133 e. The first-order valence-electron chi connectivity index (χ1n) is 6.08. The van der Waals surface area contributed by atoms with Crippen LogP contribution in [-0.4, -0.2) is 11.7 Å². The predicted octanol–water partition coefficient (Wildman–Crippen LogP) is 5.35. The Morgan fingerprint density at radius 1 is 1.15 bits per heavy atom. The van der Waals surface area contributed by atoms with Crippen LogP contribution in [0.5, 0.6) is 5.75 Å². The molecule has 0 aromatic heterocycles. The molecule has 2 aromatic rings. The summed E-state index contributed by atoms with van der Waals surface area (Å²) in [7, 11) is 0. The SMILES string of the molecule is CCOc1ccc(C(O)c2ccc(Cl)cc2Br)cc1Br. The minimum Gasteiger partial charge on any atom is -0.493 e.